The third-order valence-corrected chi connectivity index (χ3v) is 2.66. The number of pyridine rings is 1. The Bertz CT molecular complexity index is 576. The van der Waals surface area contributed by atoms with Gasteiger partial charge in [-0.2, -0.15) is 22.0 Å². The average Bonchev–Trinajstić information content (AvgIpc) is 2.23. The summed E-state index contributed by atoms with van der Waals surface area (Å²) in [7, 11) is 0. The molecule has 0 fully saturated rings. The second-order valence-electron chi connectivity index (χ2n) is 3.48. The Balaban J connectivity index is 3.99. The van der Waals surface area contributed by atoms with Crippen molar-refractivity contribution in [2.75, 3.05) is 0 Å². The van der Waals surface area contributed by atoms with Crippen LogP contribution >= 0.6 is 23.2 Å². The third-order valence-electron chi connectivity index (χ3n) is 2.10. The lowest BCUT2D eigenvalue weighted by atomic mass is 10.1. The third kappa shape index (κ3) is 3.32. The molecule has 0 spiro atoms. The molecule has 0 radical (unpaired) electrons. The Morgan fingerprint density at radius 2 is 1.33 bits per heavy atom. The van der Waals surface area contributed by atoms with Crippen molar-refractivity contribution in [3.8, 4) is 0 Å². The fourth-order valence-electron chi connectivity index (χ4n) is 1.36. The molecule has 0 saturated heterocycles. The quantitative estimate of drug-likeness (QED) is 0.642. The van der Waals surface area contributed by atoms with Gasteiger partial charge in [0.25, 0.3) is 0 Å². The molecular formula is C9H2Cl2F5NO4. The Labute approximate surface area is 121 Å². The van der Waals surface area contributed by atoms with Gasteiger partial charge >= 0.3 is 23.5 Å². The first kappa shape index (κ1) is 17.4. The molecule has 116 valence electrons. The first-order valence-corrected chi connectivity index (χ1v) is 5.38. The minimum Gasteiger partial charge on any atom is -0.478 e. The minimum atomic E-state index is -5.47. The van der Waals surface area contributed by atoms with E-state index in [9.17, 15) is 31.5 Å². The number of aromatic carboxylic acids is 2. The van der Waals surface area contributed by atoms with Gasteiger partial charge in [0.2, 0.25) is 0 Å². The zero-order valence-electron chi connectivity index (χ0n) is 9.30. The van der Waals surface area contributed by atoms with Gasteiger partial charge in [-0.15, -0.1) is 0 Å². The zero-order chi connectivity index (χ0) is 16.7. The van der Waals surface area contributed by atoms with Crippen LogP contribution in [0.2, 0.25) is 5.02 Å². The van der Waals surface area contributed by atoms with E-state index in [4.69, 9.17) is 21.8 Å². The molecule has 1 rings (SSSR count). The summed E-state index contributed by atoms with van der Waals surface area (Å²) < 4.78 is 64.1. The van der Waals surface area contributed by atoms with E-state index in [-0.39, 0.29) is 0 Å². The highest BCUT2D eigenvalue weighted by molar-refractivity contribution is 6.37. The van der Waals surface area contributed by atoms with Gasteiger partial charge in [0.15, 0.2) is 5.69 Å². The largest absolute Gasteiger partial charge is 0.478 e. The van der Waals surface area contributed by atoms with Gasteiger partial charge in [-0.3, -0.25) is 0 Å². The van der Waals surface area contributed by atoms with Gasteiger partial charge in [0.1, 0.15) is 16.8 Å². The number of hydrogen-bond acceptors (Lipinski definition) is 3. The molecule has 0 aliphatic rings. The number of carbonyl (C=O) groups is 2. The van der Waals surface area contributed by atoms with Crippen LogP contribution in [0.25, 0.3) is 0 Å². The summed E-state index contributed by atoms with van der Waals surface area (Å²) in [6, 6.07) is 0. The highest BCUT2D eigenvalue weighted by Gasteiger charge is 2.45. The van der Waals surface area contributed by atoms with Crippen LogP contribution in [0.15, 0.2) is 0 Å². The molecule has 0 aliphatic heterocycles. The van der Waals surface area contributed by atoms with Gasteiger partial charge in [0.05, 0.1) is 5.02 Å². The second-order valence-corrected chi connectivity index (χ2v) is 4.33. The Morgan fingerprint density at radius 1 is 0.952 bits per heavy atom. The maximum absolute atomic E-state index is 13.0. The lowest BCUT2D eigenvalue weighted by Gasteiger charge is -2.17. The van der Waals surface area contributed by atoms with E-state index in [0.717, 1.165) is 0 Å². The topological polar surface area (TPSA) is 87.5 Å². The van der Waals surface area contributed by atoms with E-state index in [0.29, 0.717) is 0 Å². The van der Waals surface area contributed by atoms with E-state index in [1.54, 1.807) is 0 Å². The summed E-state index contributed by atoms with van der Waals surface area (Å²) in [6.07, 6.45) is -5.47. The van der Waals surface area contributed by atoms with Crippen LogP contribution in [0, 0.1) is 0 Å². The minimum absolute atomic E-state index is 1.55. The van der Waals surface area contributed by atoms with Crippen molar-refractivity contribution in [1.82, 2.24) is 4.98 Å². The van der Waals surface area contributed by atoms with Crippen molar-refractivity contribution in [2.45, 2.75) is 11.6 Å². The molecule has 1 heterocycles. The number of hydrogen-bond donors (Lipinski definition) is 2. The highest BCUT2D eigenvalue weighted by atomic mass is 35.5. The number of carboxylic acids is 2. The van der Waals surface area contributed by atoms with Crippen molar-refractivity contribution in [2.24, 2.45) is 0 Å². The molecule has 0 saturated carbocycles. The average molecular weight is 354 g/mol. The molecule has 1 aromatic heterocycles. The number of alkyl halides is 6. The number of halogens is 7. The van der Waals surface area contributed by atoms with Crippen LogP contribution in [0.3, 0.4) is 0 Å². The van der Waals surface area contributed by atoms with E-state index in [1.165, 1.54) is 0 Å². The van der Waals surface area contributed by atoms with Crippen LogP contribution in [0.1, 0.15) is 32.1 Å². The number of aromatic nitrogens is 1. The van der Waals surface area contributed by atoms with Crippen LogP contribution in [-0.2, 0) is 11.6 Å². The van der Waals surface area contributed by atoms with Crippen molar-refractivity contribution >= 4 is 35.1 Å². The molecule has 1 aromatic rings. The Hall–Kier alpha value is -1.68. The molecule has 0 aliphatic carbocycles. The standard InChI is InChI=1S/C9H2Cl2F5NO4/c10-3-1(6(18)19)4(8(11,12)13)17-5(9(14,15)16)2(3)7(20)21/h(H,18,19)(H,20,21). The lowest BCUT2D eigenvalue weighted by molar-refractivity contribution is -0.142. The van der Waals surface area contributed by atoms with E-state index >= 15 is 0 Å². The molecular weight excluding hydrogens is 352 g/mol. The van der Waals surface area contributed by atoms with Gasteiger partial charge in [-0.05, 0) is 11.6 Å². The molecule has 0 unspecified atom stereocenters. The predicted molar refractivity (Wildman–Crippen MR) is 57.9 cm³/mol. The summed E-state index contributed by atoms with van der Waals surface area (Å²) in [4.78, 5) is 24.0. The summed E-state index contributed by atoms with van der Waals surface area (Å²) in [5.74, 6) is -4.49. The first-order chi connectivity index (χ1) is 9.28. The second kappa shape index (κ2) is 5.26. The fraction of sp³-hybridized carbons (Fsp3) is 0.222. The molecule has 0 bridgehead atoms. The van der Waals surface area contributed by atoms with Gasteiger partial charge in [0, 0.05) is 0 Å². The van der Waals surface area contributed by atoms with Crippen molar-refractivity contribution in [3.05, 3.63) is 27.5 Å². The van der Waals surface area contributed by atoms with Crippen LogP contribution in [0.4, 0.5) is 22.0 Å². The van der Waals surface area contributed by atoms with E-state index in [1.807, 2.05) is 0 Å². The van der Waals surface area contributed by atoms with Crippen molar-refractivity contribution < 1.29 is 41.8 Å². The van der Waals surface area contributed by atoms with Crippen molar-refractivity contribution in [3.63, 3.8) is 0 Å². The Morgan fingerprint density at radius 3 is 1.62 bits per heavy atom. The first-order valence-electron chi connectivity index (χ1n) is 4.63. The molecule has 12 heteroatoms. The lowest BCUT2D eigenvalue weighted by Crippen LogP contribution is -2.24. The van der Waals surface area contributed by atoms with Crippen LogP contribution < -0.4 is 0 Å². The van der Waals surface area contributed by atoms with Crippen molar-refractivity contribution in [1.29, 1.82) is 0 Å². The SMILES string of the molecule is O=C(O)c1c(C(F)(F)F)nc(C(F)(F)Cl)c(C(=O)O)c1Cl. The molecule has 2 N–H and O–H groups in total. The Kier molecular flexibility index (Phi) is 4.35. The van der Waals surface area contributed by atoms with E-state index in [2.05, 4.69) is 16.6 Å². The molecule has 0 atom stereocenters. The summed E-state index contributed by atoms with van der Waals surface area (Å²) in [5.41, 5.74) is -7.66. The maximum atomic E-state index is 13.0. The zero-order valence-corrected chi connectivity index (χ0v) is 10.8. The van der Waals surface area contributed by atoms with Crippen LogP contribution in [0.5, 0.6) is 0 Å². The van der Waals surface area contributed by atoms with Gasteiger partial charge < -0.3 is 10.2 Å². The maximum Gasteiger partial charge on any atom is 0.434 e. The summed E-state index contributed by atoms with van der Waals surface area (Å²) in [5, 5.41) is 11.2. The molecule has 0 aromatic carbocycles. The van der Waals surface area contributed by atoms with Gasteiger partial charge in [-0.25, -0.2) is 14.6 Å². The number of nitrogens with zero attached hydrogens (tertiary/aromatic N) is 1. The van der Waals surface area contributed by atoms with Gasteiger partial charge in [-0.1, -0.05) is 11.6 Å². The number of carboxylic acid groups (broad SMARTS) is 2. The summed E-state index contributed by atoms with van der Waals surface area (Å²) >= 11 is 9.73. The normalized spacial score (nSPS) is 12.3. The van der Waals surface area contributed by atoms with E-state index < -0.39 is 51.0 Å². The molecule has 0 amide bonds. The smallest absolute Gasteiger partial charge is 0.434 e. The molecule has 5 nitrogen and oxygen atoms in total. The highest BCUT2D eigenvalue weighted by Crippen LogP contribution is 2.41. The number of rotatable bonds is 3. The predicted octanol–water partition coefficient (Wildman–Crippen LogP) is 3.44. The molecule has 21 heavy (non-hydrogen) atoms. The van der Waals surface area contributed by atoms with Crippen LogP contribution in [-0.4, -0.2) is 27.1 Å². The fourth-order valence-corrected chi connectivity index (χ4v) is 1.83. The summed E-state index contributed by atoms with van der Waals surface area (Å²) in [6.45, 7) is 0. The monoisotopic (exact) mass is 353 g/mol.